The number of hydrogen-bond acceptors (Lipinski definition) is 3. The van der Waals surface area contributed by atoms with Crippen molar-refractivity contribution >= 4 is 17.7 Å². The van der Waals surface area contributed by atoms with Crippen LogP contribution in [0.15, 0.2) is 24.3 Å². The lowest BCUT2D eigenvalue weighted by atomic mass is 10.1. The maximum atomic E-state index is 11.6. The molecule has 110 valence electrons. The van der Waals surface area contributed by atoms with E-state index in [0.29, 0.717) is 30.3 Å². The van der Waals surface area contributed by atoms with Gasteiger partial charge < -0.3 is 15.4 Å². The third kappa shape index (κ3) is 5.73. The molecule has 0 aliphatic carbocycles. The predicted molar refractivity (Wildman–Crippen MR) is 78.9 cm³/mol. The molecule has 5 heteroatoms. The molecule has 2 N–H and O–H groups in total. The molecule has 2 amide bonds. The third-order valence-electron chi connectivity index (χ3n) is 2.66. The second-order valence-electron chi connectivity index (χ2n) is 4.86. The fourth-order valence-corrected chi connectivity index (χ4v) is 1.55. The Morgan fingerprint density at radius 2 is 1.85 bits per heavy atom. The average Bonchev–Trinajstić information content (AvgIpc) is 2.39. The highest BCUT2D eigenvalue weighted by Gasteiger charge is 2.06. The summed E-state index contributed by atoms with van der Waals surface area (Å²) in [5, 5.41) is 5.49. The number of hydrogen-bond donors (Lipinski definition) is 2. The number of carbonyl (C=O) groups is 2. The van der Waals surface area contributed by atoms with Crippen molar-refractivity contribution in [3.05, 3.63) is 29.8 Å². The molecule has 5 nitrogen and oxygen atoms in total. The summed E-state index contributed by atoms with van der Waals surface area (Å²) in [7, 11) is 0. The summed E-state index contributed by atoms with van der Waals surface area (Å²) in [6.45, 7) is 6.96. The van der Waals surface area contributed by atoms with Gasteiger partial charge in [-0.1, -0.05) is 13.8 Å². The van der Waals surface area contributed by atoms with Crippen molar-refractivity contribution in [3.63, 3.8) is 0 Å². The third-order valence-corrected chi connectivity index (χ3v) is 2.66. The van der Waals surface area contributed by atoms with Crippen LogP contribution in [0.1, 0.15) is 37.6 Å². The standard InChI is InChI=1S/C15H22N2O3/c1-4-20-14(18)12-5-7-13(8-6-12)17-15(19)16-10-9-11(2)3/h5-8,11H,4,9-10H2,1-3H3,(H2,16,17,19). The van der Waals surface area contributed by atoms with E-state index in [1.54, 1.807) is 31.2 Å². The molecule has 20 heavy (non-hydrogen) atoms. The Kier molecular flexibility index (Phi) is 6.56. The summed E-state index contributed by atoms with van der Waals surface area (Å²) in [6, 6.07) is 6.36. The minimum atomic E-state index is -0.361. The Hall–Kier alpha value is -2.04. The lowest BCUT2D eigenvalue weighted by Gasteiger charge is -2.09. The molecule has 1 rings (SSSR count). The molecule has 0 aliphatic heterocycles. The Morgan fingerprint density at radius 1 is 1.20 bits per heavy atom. The zero-order chi connectivity index (χ0) is 15.0. The smallest absolute Gasteiger partial charge is 0.338 e. The fourth-order valence-electron chi connectivity index (χ4n) is 1.55. The van der Waals surface area contributed by atoms with Crippen LogP contribution in [0, 0.1) is 5.92 Å². The summed E-state index contributed by atoms with van der Waals surface area (Å²) in [6.07, 6.45) is 0.940. The maximum absolute atomic E-state index is 11.6. The van der Waals surface area contributed by atoms with Crippen molar-refractivity contribution in [2.75, 3.05) is 18.5 Å². The van der Waals surface area contributed by atoms with Gasteiger partial charge in [-0.2, -0.15) is 0 Å². The van der Waals surface area contributed by atoms with Gasteiger partial charge in [0.2, 0.25) is 0 Å². The molecule has 0 unspecified atom stereocenters. The molecule has 0 radical (unpaired) electrons. The minimum absolute atomic E-state index is 0.241. The maximum Gasteiger partial charge on any atom is 0.338 e. The van der Waals surface area contributed by atoms with Gasteiger partial charge in [0.15, 0.2) is 0 Å². The number of ether oxygens (including phenoxy) is 1. The lowest BCUT2D eigenvalue weighted by Crippen LogP contribution is -2.30. The first-order valence-electron chi connectivity index (χ1n) is 6.85. The van der Waals surface area contributed by atoms with Gasteiger partial charge >= 0.3 is 12.0 Å². The number of anilines is 1. The van der Waals surface area contributed by atoms with E-state index in [1.165, 1.54) is 0 Å². The van der Waals surface area contributed by atoms with Gasteiger partial charge in [-0.05, 0) is 43.5 Å². The first-order chi connectivity index (χ1) is 9.52. The molecule has 1 aromatic rings. The number of carbonyl (C=O) groups excluding carboxylic acids is 2. The topological polar surface area (TPSA) is 67.4 Å². The number of urea groups is 1. The van der Waals surface area contributed by atoms with Crippen LogP contribution in [0.2, 0.25) is 0 Å². The Bertz CT molecular complexity index is 441. The average molecular weight is 278 g/mol. The summed E-state index contributed by atoms with van der Waals surface area (Å²) in [5.74, 6) is 0.194. The van der Waals surface area contributed by atoms with Gasteiger partial charge in [0.25, 0.3) is 0 Å². The molecule has 0 heterocycles. The zero-order valence-electron chi connectivity index (χ0n) is 12.2. The van der Waals surface area contributed by atoms with E-state index in [0.717, 1.165) is 6.42 Å². The van der Waals surface area contributed by atoms with Crippen molar-refractivity contribution in [3.8, 4) is 0 Å². The highest BCUT2D eigenvalue weighted by molar-refractivity contribution is 5.92. The van der Waals surface area contributed by atoms with Crippen LogP contribution >= 0.6 is 0 Å². The van der Waals surface area contributed by atoms with Gasteiger partial charge in [-0.15, -0.1) is 0 Å². The number of amides is 2. The van der Waals surface area contributed by atoms with Crippen LogP contribution in [0.5, 0.6) is 0 Å². The lowest BCUT2D eigenvalue weighted by molar-refractivity contribution is 0.0526. The number of esters is 1. The van der Waals surface area contributed by atoms with Crippen LogP contribution in [0.25, 0.3) is 0 Å². The van der Waals surface area contributed by atoms with Crippen molar-refractivity contribution in [1.82, 2.24) is 5.32 Å². The number of benzene rings is 1. The van der Waals surface area contributed by atoms with E-state index in [1.807, 2.05) is 0 Å². The monoisotopic (exact) mass is 278 g/mol. The number of rotatable bonds is 6. The van der Waals surface area contributed by atoms with E-state index in [2.05, 4.69) is 24.5 Å². The predicted octanol–water partition coefficient (Wildman–Crippen LogP) is 3.03. The van der Waals surface area contributed by atoms with Crippen LogP contribution < -0.4 is 10.6 Å². The summed E-state index contributed by atoms with van der Waals surface area (Å²) < 4.78 is 4.89. The largest absolute Gasteiger partial charge is 0.462 e. The van der Waals surface area contributed by atoms with Crippen LogP contribution in [-0.2, 0) is 4.74 Å². The van der Waals surface area contributed by atoms with Gasteiger partial charge in [-0.3, -0.25) is 0 Å². The molecule has 0 fully saturated rings. The fraction of sp³-hybridized carbons (Fsp3) is 0.467. The van der Waals surface area contributed by atoms with E-state index >= 15 is 0 Å². The molecule has 0 saturated carbocycles. The van der Waals surface area contributed by atoms with Crippen LogP contribution in [-0.4, -0.2) is 25.2 Å². The van der Waals surface area contributed by atoms with Gasteiger partial charge in [0.1, 0.15) is 0 Å². The van der Waals surface area contributed by atoms with Gasteiger partial charge in [-0.25, -0.2) is 9.59 Å². The molecule has 1 aromatic carbocycles. The van der Waals surface area contributed by atoms with E-state index < -0.39 is 0 Å². The first-order valence-corrected chi connectivity index (χ1v) is 6.85. The summed E-state index contributed by atoms with van der Waals surface area (Å²) in [4.78, 5) is 23.1. The van der Waals surface area contributed by atoms with E-state index in [4.69, 9.17) is 4.74 Å². The van der Waals surface area contributed by atoms with Crippen LogP contribution in [0.3, 0.4) is 0 Å². The van der Waals surface area contributed by atoms with Crippen molar-refractivity contribution < 1.29 is 14.3 Å². The van der Waals surface area contributed by atoms with Crippen molar-refractivity contribution in [2.45, 2.75) is 27.2 Å². The Morgan fingerprint density at radius 3 is 2.40 bits per heavy atom. The Balaban J connectivity index is 2.44. The van der Waals surface area contributed by atoms with E-state index in [9.17, 15) is 9.59 Å². The highest BCUT2D eigenvalue weighted by atomic mass is 16.5. The van der Waals surface area contributed by atoms with Gasteiger partial charge in [0, 0.05) is 12.2 Å². The van der Waals surface area contributed by atoms with Gasteiger partial charge in [0.05, 0.1) is 12.2 Å². The Labute approximate surface area is 119 Å². The zero-order valence-corrected chi connectivity index (χ0v) is 12.2. The second-order valence-corrected chi connectivity index (χ2v) is 4.86. The summed E-state index contributed by atoms with van der Waals surface area (Å²) in [5.41, 5.74) is 1.11. The molecule has 0 aliphatic rings. The van der Waals surface area contributed by atoms with Crippen molar-refractivity contribution in [2.24, 2.45) is 5.92 Å². The normalized spacial score (nSPS) is 10.2. The molecular weight excluding hydrogens is 256 g/mol. The van der Waals surface area contributed by atoms with Crippen molar-refractivity contribution in [1.29, 1.82) is 0 Å². The van der Waals surface area contributed by atoms with Crippen LogP contribution in [0.4, 0.5) is 10.5 Å². The van der Waals surface area contributed by atoms with E-state index in [-0.39, 0.29) is 12.0 Å². The minimum Gasteiger partial charge on any atom is -0.462 e. The molecule has 0 spiro atoms. The second kappa shape index (κ2) is 8.19. The highest BCUT2D eigenvalue weighted by Crippen LogP contribution is 2.10. The summed E-state index contributed by atoms with van der Waals surface area (Å²) >= 11 is 0. The first kappa shape index (κ1) is 16.0. The molecule has 0 aromatic heterocycles. The molecular formula is C15H22N2O3. The molecule has 0 saturated heterocycles. The molecule has 0 bridgehead atoms. The SMILES string of the molecule is CCOC(=O)c1ccc(NC(=O)NCCC(C)C)cc1. The number of nitrogens with one attached hydrogen (secondary N) is 2. The quantitative estimate of drug-likeness (QED) is 0.786. The molecule has 0 atom stereocenters.